The van der Waals surface area contributed by atoms with Gasteiger partial charge in [0.15, 0.2) is 25.0 Å². The van der Waals surface area contributed by atoms with Crippen molar-refractivity contribution in [3.8, 4) is 0 Å². The van der Waals surface area contributed by atoms with Crippen LogP contribution in [0, 0.1) is 0 Å². The number of rotatable bonds is 29. The van der Waals surface area contributed by atoms with Crippen LogP contribution in [0.5, 0.6) is 0 Å². The highest BCUT2D eigenvalue weighted by Gasteiger charge is 2.54. The lowest BCUT2D eigenvalue weighted by Gasteiger charge is -2.48. The number of hydrogen-bond acceptors (Lipinski definition) is 5. The molecule has 0 radical (unpaired) electrons. The molecule has 0 saturated heterocycles. The van der Waals surface area contributed by atoms with Crippen LogP contribution in [0.15, 0.2) is 0 Å². The van der Waals surface area contributed by atoms with Gasteiger partial charge in [-0.15, -0.1) is 0 Å². The van der Waals surface area contributed by atoms with E-state index >= 15 is 0 Å². The fourth-order valence-corrected chi connectivity index (χ4v) is 30.2. The summed E-state index contributed by atoms with van der Waals surface area (Å²) in [5.41, 5.74) is 0. The summed E-state index contributed by atoms with van der Waals surface area (Å²) in [5.74, 6) is 0. The average molecular weight is 681 g/mol. The van der Waals surface area contributed by atoms with Crippen LogP contribution in [0.4, 0.5) is 0 Å². The zero-order valence-electron chi connectivity index (χ0n) is 30.7. The van der Waals surface area contributed by atoms with E-state index in [1.807, 2.05) is 0 Å². The van der Waals surface area contributed by atoms with Crippen LogP contribution in [-0.4, -0.2) is 55.5 Å². The van der Waals surface area contributed by atoms with Gasteiger partial charge in [0, 0.05) is 19.3 Å². The van der Waals surface area contributed by atoms with Crippen molar-refractivity contribution in [1.82, 2.24) is 0 Å². The first kappa shape index (κ1) is 42.9. The second-order valence-electron chi connectivity index (χ2n) is 12.7. The van der Waals surface area contributed by atoms with Crippen LogP contribution < -0.4 is 0 Å². The third-order valence-electron chi connectivity index (χ3n) is 10.4. The maximum absolute atomic E-state index is 7.61. The van der Waals surface area contributed by atoms with E-state index in [9.17, 15) is 0 Å². The van der Waals surface area contributed by atoms with Gasteiger partial charge in [0.1, 0.15) is 0 Å². The minimum absolute atomic E-state index is 0.764. The van der Waals surface area contributed by atoms with Crippen LogP contribution in [0.3, 0.4) is 0 Å². The normalized spacial score (nSPS) is 13.7. The molecule has 5 nitrogen and oxygen atoms in total. The summed E-state index contributed by atoms with van der Waals surface area (Å²) >= 11 is 0. The standard InChI is InChI=1S/C32H76O5Si5/c1-13-33-38(12,34-14-2)31-29-27-25-24-26-28-30-32-42(35-39(15-3,16-4)17-5,36-40(18-6,19-7)20-8)37-41(21-9,22-10)23-11/h13-32H2,1-12H3. The molecule has 0 heterocycles. The molecule has 0 aliphatic heterocycles. The van der Waals surface area contributed by atoms with Gasteiger partial charge in [-0.1, -0.05) is 101 Å². The second-order valence-corrected chi connectivity index (χ2v) is 33.8. The number of hydrogen-bond donors (Lipinski definition) is 0. The molecule has 0 bridgehead atoms. The van der Waals surface area contributed by atoms with Gasteiger partial charge in [-0.2, -0.15) is 0 Å². The Kier molecular flexibility index (Phi) is 22.9. The molecule has 0 atom stereocenters. The molecule has 10 heteroatoms. The zero-order chi connectivity index (χ0) is 32.2. The van der Waals surface area contributed by atoms with Gasteiger partial charge in [0.2, 0.25) is 0 Å². The lowest BCUT2D eigenvalue weighted by molar-refractivity contribution is 0.188. The molecule has 0 spiro atoms. The van der Waals surface area contributed by atoms with E-state index in [0.29, 0.717) is 0 Å². The molecule has 0 aromatic heterocycles. The van der Waals surface area contributed by atoms with E-state index < -0.39 is 42.3 Å². The first-order valence-electron chi connectivity index (χ1n) is 18.4. The van der Waals surface area contributed by atoms with Crippen LogP contribution >= 0.6 is 0 Å². The molecular formula is C32H76O5Si5. The smallest absolute Gasteiger partial charge is 0.416 e. The SMILES string of the molecule is CCO[Si](C)(CCCCCCCCC[Si](O[Si](CC)(CC)CC)(O[Si](CC)(CC)CC)O[Si](CC)(CC)CC)OCC. The van der Waals surface area contributed by atoms with Gasteiger partial charge in [-0.05, 0) is 87.3 Å². The minimum Gasteiger partial charge on any atom is -0.416 e. The van der Waals surface area contributed by atoms with Crippen molar-refractivity contribution in [2.75, 3.05) is 13.2 Å². The summed E-state index contributed by atoms with van der Waals surface area (Å²) < 4.78 is 34.9. The highest BCUT2D eigenvalue weighted by molar-refractivity contribution is 6.92. The summed E-state index contributed by atoms with van der Waals surface area (Å²) in [4.78, 5) is 0. The lowest BCUT2D eigenvalue weighted by Crippen LogP contribution is -2.64. The van der Waals surface area contributed by atoms with Crippen LogP contribution in [0.1, 0.15) is 121 Å². The Hall–Kier alpha value is 0.884. The predicted octanol–water partition coefficient (Wildman–Crippen LogP) is 11.9. The Morgan fingerprint density at radius 2 is 0.619 bits per heavy atom. The molecule has 0 aliphatic rings. The largest absolute Gasteiger partial charge is 0.469 e. The molecule has 0 fully saturated rings. The van der Waals surface area contributed by atoms with Crippen LogP contribution in [0.25, 0.3) is 0 Å². The first-order chi connectivity index (χ1) is 20.0. The minimum atomic E-state index is -2.85. The molecule has 0 saturated carbocycles. The molecule has 0 unspecified atom stereocenters. The van der Waals surface area contributed by atoms with E-state index in [0.717, 1.165) is 79.7 Å². The van der Waals surface area contributed by atoms with Gasteiger partial charge in [-0.3, -0.25) is 0 Å². The maximum atomic E-state index is 7.61. The highest BCUT2D eigenvalue weighted by atomic mass is 28.5. The molecule has 254 valence electrons. The molecule has 0 aliphatic carbocycles. The highest BCUT2D eigenvalue weighted by Crippen LogP contribution is 2.39. The number of unbranched alkanes of at least 4 members (excludes halogenated alkanes) is 6. The summed E-state index contributed by atoms with van der Waals surface area (Å²) in [5, 5.41) is 0. The Balaban J connectivity index is 5.69. The van der Waals surface area contributed by atoms with Crippen molar-refractivity contribution >= 4 is 42.3 Å². The quantitative estimate of drug-likeness (QED) is 0.0581. The van der Waals surface area contributed by atoms with E-state index in [1.165, 1.54) is 44.9 Å². The predicted molar refractivity (Wildman–Crippen MR) is 197 cm³/mol. The topological polar surface area (TPSA) is 46.2 Å². The molecule has 0 aromatic rings. The fourth-order valence-electron chi connectivity index (χ4n) is 6.57. The van der Waals surface area contributed by atoms with Crippen LogP contribution in [-0.2, 0) is 21.2 Å². The zero-order valence-corrected chi connectivity index (χ0v) is 35.7. The van der Waals surface area contributed by atoms with Crippen molar-refractivity contribution < 1.29 is 21.2 Å². The lowest BCUT2D eigenvalue weighted by atomic mass is 10.1. The van der Waals surface area contributed by atoms with E-state index in [-0.39, 0.29) is 0 Å². The molecule has 0 N–H and O–H groups in total. The second kappa shape index (κ2) is 22.4. The van der Waals surface area contributed by atoms with E-state index in [2.05, 4.69) is 82.7 Å². The Bertz CT molecular complexity index is 571. The molecule has 0 aromatic carbocycles. The fraction of sp³-hybridized carbons (Fsp3) is 1.00. The summed E-state index contributed by atoms with van der Waals surface area (Å²) in [6, 6.07) is 12.6. The van der Waals surface area contributed by atoms with Gasteiger partial charge in [-0.25, -0.2) is 0 Å². The van der Waals surface area contributed by atoms with Gasteiger partial charge >= 0.3 is 17.4 Å². The molecule has 0 rings (SSSR count). The van der Waals surface area contributed by atoms with E-state index in [1.54, 1.807) is 0 Å². The monoisotopic (exact) mass is 680 g/mol. The molecular weight excluding hydrogens is 605 g/mol. The van der Waals surface area contributed by atoms with Crippen molar-refractivity contribution in [2.24, 2.45) is 0 Å². The van der Waals surface area contributed by atoms with Gasteiger partial charge < -0.3 is 21.2 Å². The van der Waals surface area contributed by atoms with Crippen molar-refractivity contribution in [3.63, 3.8) is 0 Å². The third kappa shape index (κ3) is 14.1. The van der Waals surface area contributed by atoms with Crippen molar-refractivity contribution in [1.29, 1.82) is 0 Å². The molecule has 0 amide bonds. The van der Waals surface area contributed by atoms with E-state index in [4.69, 9.17) is 21.2 Å². The Morgan fingerprint density at radius 1 is 0.357 bits per heavy atom. The Labute approximate surface area is 270 Å². The Morgan fingerprint density at radius 3 is 0.881 bits per heavy atom. The maximum Gasteiger partial charge on any atom is 0.469 e. The summed E-state index contributed by atoms with van der Waals surface area (Å²) in [6.45, 7) is 29.2. The van der Waals surface area contributed by atoms with Gasteiger partial charge in [0.05, 0.1) is 0 Å². The summed E-state index contributed by atoms with van der Waals surface area (Å²) in [7, 11) is -10.5. The first-order valence-corrected chi connectivity index (χ1v) is 30.4. The third-order valence-corrected chi connectivity index (χ3v) is 35.0. The van der Waals surface area contributed by atoms with Gasteiger partial charge in [0.25, 0.3) is 0 Å². The molecule has 42 heavy (non-hydrogen) atoms. The summed E-state index contributed by atoms with van der Waals surface area (Å²) in [6.07, 6.45) is 8.85. The van der Waals surface area contributed by atoms with Crippen LogP contribution in [0.2, 0.25) is 73.0 Å². The van der Waals surface area contributed by atoms with Crippen molar-refractivity contribution in [3.05, 3.63) is 0 Å². The van der Waals surface area contributed by atoms with Crippen molar-refractivity contribution in [2.45, 2.75) is 194 Å². The average Bonchev–Trinajstić information content (AvgIpc) is 3.01.